The first kappa shape index (κ1) is 14.1. The zero-order valence-electron chi connectivity index (χ0n) is 9.44. The van der Waals surface area contributed by atoms with Crippen LogP contribution in [-0.2, 0) is 0 Å². The molecule has 0 aliphatic heterocycles. The summed E-state index contributed by atoms with van der Waals surface area (Å²) in [4.78, 5) is 12.0. The molecule has 0 bridgehead atoms. The number of rotatable bonds is 3. The number of thiophene rings is 1. The highest BCUT2D eigenvalue weighted by Gasteiger charge is 2.12. The Morgan fingerprint density at radius 3 is 2.74 bits per heavy atom. The lowest BCUT2D eigenvalue weighted by atomic mass is 10.1. The van der Waals surface area contributed by atoms with Crippen molar-refractivity contribution in [2.75, 3.05) is 5.32 Å². The predicted molar refractivity (Wildman–Crippen MR) is 82.3 cm³/mol. The Labute approximate surface area is 126 Å². The van der Waals surface area contributed by atoms with E-state index in [4.69, 9.17) is 18.0 Å². The lowest BCUT2D eigenvalue weighted by molar-refractivity contribution is 0.102. The molecule has 0 atom stereocenters. The van der Waals surface area contributed by atoms with Crippen LogP contribution < -0.4 is 11.1 Å². The van der Waals surface area contributed by atoms with E-state index in [0.717, 1.165) is 3.79 Å². The van der Waals surface area contributed by atoms with Gasteiger partial charge in [0.2, 0.25) is 0 Å². The van der Waals surface area contributed by atoms with Crippen LogP contribution in [0.5, 0.6) is 0 Å². The van der Waals surface area contributed by atoms with E-state index in [2.05, 4.69) is 21.2 Å². The Morgan fingerprint density at radius 1 is 1.42 bits per heavy atom. The summed E-state index contributed by atoms with van der Waals surface area (Å²) in [6.07, 6.45) is 0. The molecular weight excluding hydrogens is 351 g/mol. The molecule has 2 aromatic rings. The molecular formula is C12H8BrFN2OS2. The van der Waals surface area contributed by atoms with Gasteiger partial charge in [-0.15, -0.1) is 11.3 Å². The smallest absolute Gasteiger partial charge is 0.256 e. The summed E-state index contributed by atoms with van der Waals surface area (Å²) >= 11 is 9.52. The van der Waals surface area contributed by atoms with Gasteiger partial charge in [-0.05, 0) is 40.2 Å². The molecule has 0 unspecified atom stereocenters. The minimum atomic E-state index is -0.459. The first-order valence-corrected chi connectivity index (χ1v) is 7.20. The average Bonchev–Trinajstić information content (AvgIpc) is 2.78. The van der Waals surface area contributed by atoms with Crippen molar-refractivity contribution in [3.63, 3.8) is 0 Å². The third kappa shape index (κ3) is 3.37. The predicted octanol–water partition coefficient (Wildman–Crippen LogP) is 3.54. The van der Waals surface area contributed by atoms with Gasteiger partial charge in [0.25, 0.3) is 5.91 Å². The number of nitrogens with two attached hydrogens (primary N) is 1. The molecule has 0 aliphatic rings. The second kappa shape index (κ2) is 5.77. The van der Waals surface area contributed by atoms with Gasteiger partial charge >= 0.3 is 0 Å². The van der Waals surface area contributed by atoms with Crippen LogP contribution in [0.25, 0.3) is 0 Å². The second-order valence-electron chi connectivity index (χ2n) is 3.65. The van der Waals surface area contributed by atoms with E-state index in [1.165, 1.54) is 29.5 Å². The van der Waals surface area contributed by atoms with Crippen molar-refractivity contribution in [1.29, 1.82) is 0 Å². The molecule has 0 spiro atoms. The molecule has 1 amide bonds. The van der Waals surface area contributed by atoms with Gasteiger partial charge in [-0.25, -0.2) is 4.39 Å². The summed E-state index contributed by atoms with van der Waals surface area (Å²) in [7, 11) is 0. The third-order valence-corrected chi connectivity index (χ3v) is 4.05. The van der Waals surface area contributed by atoms with Crippen molar-refractivity contribution >= 4 is 56.1 Å². The SMILES string of the molecule is NC(=S)c1cc(F)ccc1NC(=O)c1csc(Br)c1. The van der Waals surface area contributed by atoms with Gasteiger partial charge in [0, 0.05) is 10.9 Å². The maximum absolute atomic E-state index is 13.1. The molecule has 0 aliphatic carbocycles. The number of hydrogen-bond acceptors (Lipinski definition) is 3. The minimum Gasteiger partial charge on any atom is -0.389 e. The van der Waals surface area contributed by atoms with Crippen molar-refractivity contribution in [3.05, 3.63) is 50.4 Å². The van der Waals surface area contributed by atoms with E-state index in [1.54, 1.807) is 11.4 Å². The fourth-order valence-electron chi connectivity index (χ4n) is 1.45. The van der Waals surface area contributed by atoms with Crippen LogP contribution in [0, 0.1) is 5.82 Å². The van der Waals surface area contributed by atoms with Gasteiger partial charge < -0.3 is 11.1 Å². The van der Waals surface area contributed by atoms with Gasteiger partial charge in [0.1, 0.15) is 10.8 Å². The number of anilines is 1. The highest BCUT2D eigenvalue weighted by Crippen LogP contribution is 2.23. The second-order valence-corrected chi connectivity index (χ2v) is 6.38. The third-order valence-electron chi connectivity index (χ3n) is 2.32. The molecule has 1 aromatic carbocycles. The zero-order chi connectivity index (χ0) is 14.0. The number of benzene rings is 1. The Morgan fingerprint density at radius 2 is 2.16 bits per heavy atom. The van der Waals surface area contributed by atoms with Gasteiger partial charge in [-0.3, -0.25) is 4.79 Å². The van der Waals surface area contributed by atoms with Crippen LogP contribution >= 0.6 is 39.5 Å². The lowest BCUT2D eigenvalue weighted by Gasteiger charge is -2.09. The molecule has 0 saturated carbocycles. The fourth-order valence-corrected chi connectivity index (χ4v) is 2.76. The van der Waals surface area contributed by atoms with E-state index in [9.17, 15) is 9.18 Å². The monoisotopic (exact) mass is 358 g/mol. The van der Waals surface area contributed by atoms with Crippen LogP contribution in [0.4, 0.5) is 10.1 Å². The van der Waals surface area contributed by atoms with Crippen molar-refractivity contribution in [3.8, 4) is 0 Å². The fraction of sp³-hybridized carbons (Fsp3) is 0. The van der Waals surface area contributed by atoms with E-state index < -0.39 is 5.82 Å². The van der Waals surface area contributed by atoms with Crippen LogP contribution in [0.15, 0.2) is 33.4 Å². The number of nitrogens with one attached hydrogen (secondary N) is 1. The largest absolute Gasteiger partial charge is 0.389 e. The van der Waals surface area contributed by atoms with Crippen LogP contribution in [0.2, 0.25) is 0 Å². The van der Waals surface area contributed by atoms with Crippen molar-refractivity contribution in [2.45, 2.75) is 0 Å². The van der Waals surface area contributed by atoms with E-state index in [-0.39, 0.29) is 10.9 Å². The van der Waals surface area contributed by atoms with Crippen molar-refractivity contribution in [1.82, 2.24) is 0 Å². The molecule has 2 rings (SSSR count). The molecule has 19 heavy (non-hydrogen) atoms. The lowest BCUT2D eigenvalue weighted by Crippen LogP contribution is -2.17. The topological polar surface area (TPSA) is 55.1 Å². The number of hydrogen-bond donors (Lipinski definition) is 2. The molecule has 3 N–H and O–H groups in total. The number of amides is 1. The molecule has 0 radical (unpaired) electrons. The quantitative estimate of drug-likeness (QED) is 0.825. The Hall–Kier alpha value is -1.31. The van der Waals surface area contributed by atoms with E-state index in [1.807, 2.05) is 0 Å². The Kier molecular flexibility index (Phi) is 4.28. The molecule has 0 fully saturated rings. The normalized spacial score (nSPS) is 10.2. The van der Waals surface area contributed by atoms with Crippen LogP contribution in [0.3, 0.4) is 0 Å². The maximum atomic E-state index is 13.1. The molecule has 7 heteroatoms. The zero-order valence-corrected chi connectivity index (χ0v) is 12.7. The molecule has 98 valence electrons. The Bertz CT molecular complexity index is 657. The number of carbonyl (C=O) groups is 1. The molecule has 0 saturated heterocycles. The van der Waals surface area contributed by atoms with Gasteiger partial charge in [0.15, 0.2) is 0 Å². The summed E-state index contributed by atoms with van der Waals surface area (Å²) in [5.74, 6) is -0.759. The van der Waals surface area contributed by atoms with Crippen LogP contribution in [0.1, 0.15) is 15.9 Å². The van der Waals surface area contributed by atoms with Crippen LogP contribution in [-0.4, -0.2) is 10.9 Å². The van der Waals surface area contributed by atoms with Crippen molar-refractivity contribution in [2.24, 2.45) is 5.73 Å². The number of carbonyl (C=O) groups excluding carboxylic acids is 1. The number of halogens is 2. The summed E-state index contributed by atoms with van der Waals surface area (Å²) in [5.41, 5.74) is 6.71. The van der Waals surface area contributed by atoms with Gasteiger partial charge in [-0.2, -0.15) is 0 Å². The Balaban J connectivity index is 2.28. The molecule has 3 nitrogen and oxygen atoms in total. The molecule has 1 heterocycles. The van der Waals surface area contributed by atoms with E-state index in [0.29, 0.717) is 16.8 Å². The number of thiocarbonyl (C=S) groups is 1. The minimum absolute atomic E-state index is 0.0290. The maximum Gasteiger partial charge on any atom is 0.256 e. The van der Waals surface area contributed by atoms with Crippen molar-refractivity contribution < 1.29 is 9.18 Å². The first-order chi connectivity index (χ1) is 8.97. The summed E-state index contributed by atoms with van der Waals surface area (Å²) in [6, 6.07) is 5.56. The van der Waals surface area contributed by atoms with Gasteiger partial charge in [0.05, 0.1) is 15.0 Å². The average molecular weight is 359 g/mol. The summed E-state index contributed by atoms with van der Waals surface area (Å²) in [5, 5.41) is 4.37. The highest BCUT2D eigenvalue weighted by molar-refractivity contribution is 9.11. The highest BCUT2D eigenvalue weighted by atomic mass is 79.9. The first-order valence-electron chi connectivity index (χ1n) is 5.12. The van der Waals surface area contributed by atoms with E-state index >= 15 is 0 Å². The summed E-state index contributed by atoms with van der Waals surface area (Å²) in [6.45, 7) is 0. The van der Waals surface area contributed by atoms with Gasteiger partial charge in [-0.1, -0.05) is 12.2 Å². The standard InChI is InChI=1S/C12H8BrFN2OS2/c13-10-3-6(5-19-10)12(17)16-9-2-1-7(14)4-8(9)11(15)18/h1-5H,(H2,15,18)(H,16,17). The summed E-state index contributed by atoms with van der Waals surface area (Å²) < 4.78 is 14.0. The molecule has 1 aromatic heterocycles.